The number of hydrogen-bond acceptors (Lipinski definition) is 3. The molecule has 4 nitrogen and oxygen atoms in total. The minimum absolute atomic E-state index is 0.0705. The van der Waals surface area contributed by atoms with Crippen molar-refractivity contribution in [1.82, 2.24) is 10.2 Å². The van der Waals surface area contributed by atoms with Crippen LogP contribution < -0.4 is 5.32 Å². The maximum Gasteiger partial charge on any atom is 0.251 e. The number of carbonyl (C=O) groups excluding carboxylic acids is 1. The molecule has 0 atom stereocenters. The summed E-state index contributed by atoms with van der Waals surface area (Å²) in [4.78, 5) is 14.2. The van der Waals surface area contributed by atoms with Gasteiger partial charge in [-0.1, -0.05) is 25.7 Å². The summed E-state index contributed by atoms with van der Waals surface area (Å²) in [5.74, 6) is 5.30. The molecule has 0 spiro atoms. The first-order valence-corrected chi connectivity index (χ1v) is 6.91. The van der Waals surface area contributed by atoms with Crippen LogP contribution in [-0.2, 0) is 0 Å². The molecule has 4 heteroatoms. The number of nitrogens with one attached hydrogen (secondary N) is 1. The number of benzene rings is 1. The number of aliphatic hydroxyl groups is 1. The van der Waals surface area contributed by atoms with Crippen molar-refractivity contribution in [1.29, 1.82) is 0 Å². The molecule has 2 N–H and O–H groups in total. The van der Waals surface area contributed by atoms with Crippen molar-refractivity contribution in [2.24, 2.45) is 0 Å². The van der Waals surface area contributed by atoms with Crippen LogP contribution >= 0.6 is 0 Å². The smallest absolute Gasteiger partial charge is 0.251 e. The number of rotatable bonds is 6. The van der Waals surface area contributed by atoms with Gasteiger partial charge in [0.15, 0.2) is 0 Å². The first-order chi connectivity index (χ1) is 9.71. The van der Waals surface area contributed by atoms with Gasteiger partial charge in [-0.2, -0.15) is 0 Å². The molecule has 0 bridgehead atoms. The highest BCUT2D eigenvalue weighted by Crippen LogP contribution is 2.03. The zero-order valence-corrected chi connectivity index (χ0v) is 12.1. The van der Waals surface area contributed by atoms with Gasteiger partial charge in [0.05, 0.1) is 0 Å². The molecule has 0 unspecified atom stereocenters. The monoisotopic (exact) mass is 274 g/mol. The molecule has 0 aromatic heterocycles. The molecule has 0 aliphatic carbocycles. The molecule has 1 amide bonds. The lowest BCUT2D eigenvalue weighted by molar-refractivity contribution is 0.0949. The number of hydrogen-bond donors (Lipinski definition) is 2. The first kappa shape index (κ1) is 16.2. The van der Waals surface area contributed by atoms with E-state index in [1.54, 1.807) is 24.3 Å². The van der Waals surface area contributed by atoms with Gasteiger partial charge >= 0.3 is 0 Å². The molecular formula is C16H22N2O2. The predicted molar refractivity (Wildman–Crippen MR) is 80.5 cm³/mol. The van der Waals surface area contributed by atoms with Crippen molar-refractivity contribution in [2.75, 3.05) is 32.8 Å². The Bertz CT molecular complexity index is 467. The van der Waals surface area contributed by atoms with Crippen molar-refractivity contribution in [3.05, 3.63) is 35.4 Å². The van der Waals surface area contributed by atoms with E-state index in [4.69, 9.17) is 5.11 Å². The van der Waals surface area contributed by atoms with Gasteiger partial charge < -0.3 is 15.3 Å². The Morgan fingerprint density at radius 2 is 1.90 bits per heavy atom. The van der Waals surface area contributed by atoms with Gasteiger partial charge in [-0.15, -0.1) is 0 Å². The molecule has 0 saturated carbocycles. The summed E-state index contributed by atoms with van der Waals surface area (Å²) in [6.45, 7) is 7.54. The molecule has 1 aromatic rings. The zero-order valence-electron chi connectivity index (χ0n) is 12.1. The third-order valence-corrected chi connectivity index (χ3v) is 3.07. The predicted octanol–water partition coefficient (Wildman–Crippen LogP) is 1.10. The van der Waals surface area contributed by atoms with Gasteiger partial charge in [0.1, 0.15) is 6.61 Å². The minimum atomic E-state index is -0.159. The summed E-state index contributed by atoms with van der Waals surface area (Å²) in [6.07, 6.45) is 0. The number of nitrogens with zero attached hydrogens (tertiary/aromatic N) is 1. The Hall–Kier alpha value is -1.83. The molecule has 0 radical (unpaired) electrons. The van der Waals surface area contributed by atoms with Gasteiger partial charge in [-0.3, -0.25) is 4.79 Å². The van der Waals surface area contributed by atoms with Crippen LogP contribution in [0.1, 0.15) is 29.8 Å². The van der Waals surface area contributed by atoms with Crippen molar-refractivity contribution in [2.45, 2.75) is 13.8 Å². The van der Waals surface area contributed by atoms with Gasteiger partial charge in [0.25, 0.3) is 5.91 Å². The molecule has 108 valence electrons. The summed E-state index contributed by atoms with van der Waals surface area (Å²) in [5.41, 5.74) is 1.41. The van der Waals surface area contributed by atoms with Gasteiger partial charge in [0, 0.05) is 24.2 Å². The summed E-state index contributed by atoms with van der Waals surface area (Å²) in [7, 11) is 0. The van der Waals surface area contributed by atoms with Gasteiger partial charge in [-0.05, 0) is 37.4 Å². The van der Waals surface area contributed by atoms with Crippen LogP contribution in [-0.4, -0.2) is 48.7 Å². The molecule has 0 heterocycles. The first-order valence-electron chi connectivity index (χ1n) is 6.91. The highest BCUT2D eigenvalue weighted by Gasteiger charge is 2.05. The molecule has 0 aliphatic rings. The van der Waals surface area contributed by atoms with Crippen LogP contribution in [0.4, 0.5) is 0 Å². The number of amides is 1. The molecule has 0 aliphatic heterocycles. The van der Waals surface area contributed by atoms with Crippen LogP contribution in [0.3, 0.4) is 0 Å². The Labute approximate surface area is 120 Å². The second-order valence-electron chi connectivity index (χ2n) is 4.32. The Balaban J connectivity index is 2.47. The fraction of sp³-hybridized carbons (Fsp3) is 0.438. The standard InChI is InChI=1S/C16H22N2O2/c1-3-18(4-2)12-11-17-16(20)15-9-7-14(8-10-15)6-5-13-19/h7-10,19H,3-4,11-13H2,1-2H3,(H,17,20). The average Bonchev–Trinajstić information content (AvgIpc) is 2.50. The van der Waals surface area contributed by atoms with E-state index < -0.39 is 0 Å². The Kier molecular flexibility index (Phi) is 7.41. The molecule has 0 fully saturated rings. The Morgan fingerprint density at radius 3 is 2.45 bits per heavy atom. The average molecular weight is 274 g/mol. The number of likely N-dealkylation sites (N-methyl/N-ethyl adjacent to an activating group) is 1. The van der Waals surface area contributed by atoms with E-state index in [0.717, 1.165) is 25.2 Å². The molecule has 1 rings (SSSR count). The highest BCUT2D eigenvalue weighted by atomic mass is 16.2. The van der Waals surface area contributed by atoms with Crippen LogP contribution in [0.25, 0.3) is 0 Å². The van der Waals surface area contributed by atoms with Gasteiger partial charge in [0.2, 0.25) is 0 Å². The summed E-state index contributed by atoms with van der Waals surface area (Å²) in [6, 6.07) is 7.05. The lowest BCUT2D eigenvalue weighted by Gasteiger charge is -2.17. The molecule has 20 heavy (non-hydrogen) atoms. The van der Waals surface area contributed by atoms with E-state index in [1.807, 2.05) is 0 Å². The van der Waals surface area contributed by atoms with Gasteiger partial charge in [-0.25, -0.2) is 0 Å². The van der Waals surface area contributed by atoms with Crippen molar-refractivity contribution >= 4 is 5.91 Å². The second-order valence-corrected chi connectivity index (χ2v) is 4.32. The molecular weight excluding hydrogens is 252 g/mol. The lowest BCUT2D eigenvalue weighted by Crippen LogP contribution is -2.34. The Morgan fingerprint density at radius 1 is 1.25 bits per heavy atom. The lowest BCUT2D eigenvalue weighted by atomic mass is 10.1. The maximum absolute atomic E-state index is 11.9. The zero-order chi connectivity index (χ0) is 14.8. The van der Waals surface area contributed by atoms with E-state index in [1.165, 1.54) is 0 Å². The third kappa shape index (κ3) is 5.43. The van der Waals surface area contributed by atoms with Crippen LogP contribution in [0.15, 0.2) is 24.3 Å². The van der Waals surface area contributed by atoms with Crippen LogP contribution in [0.2, 0.25) is 0 Å². The van der Waals surface area contributed by atoms with E-state index in [2.05, 4.69) is 35.9 Å². The number of carbonyl (C=O) groups is 1. The summed E-state index contributed by atoms with van der Waals surface area (Å²) in [5, 5.41) is 11.5. The fourth-order valence-electron chi connectivity index (χ4n) is 1.82. The summed E-state index contributed by atoms with van der Waals surface area (Å²) < 4.78 is 0. The summed E-state index contributed by atoms with van der Waals surface area (Å²) >= 11 is 0. The van der Waals surface area contributed by atoms with Crippen LogP contribution in [0.5, 0.6) is 0 Å². The fourth-order valence-corrected chi connectivity index (χ4v) is 1.82. The molecule has 1 aromatic carbocycles. The topological polar surface area (TPSA) is 52.6 Å². The van der Waals surface area contributed by atoms with Crippen molar-refractivity contribution in [3.8, 4) is 11.8 Å². The third-order valence-electron chi connectivity index (χ3n) is 3.07. The number of aliphatic hydroxyl groups excluding tert-OH is 1. The minimum Gasteiger partial charge on any atom is -0.384 e. The van der Waals surface area contributed by atoms with E-state index in [-0.39, 0.29) is 12.5 Å². The van der Waals surface area contributed by atoms with Crippen molar-refractivity contribution < 1.29 is 9.90 Å². The quantitative estimate of drug-likeness (QED) is 0.764. The molecule has 0 saturated heterocycles. The van der Waals surface area contributed by atoms with E-state index in [9.17, 15) is 4.79 Å². The SMILES string of the molecule is CCN(CC)CCNC(=O)c1ccc(C#CCO)cc1. The highest BCUT2D eigenvalue weighted by molar-refractivity contribution is 5.94. The normalized spacial score (nSPS) is 10.0. The van der Waals surface area contributed by atoms with Crippen molar-refractivity contribution in [3.63, 3.8) is 0 Å². The second kappa shape index (κ2) is 9.13. The van der Waals surface area contributed by atoms with E-state index >= 15 is 0 Å². The maximum atomic E-state index is 11.9. The van der Waals surface area contributed by atoms with Crippen LogP contribution in [0, 0.1) is 11.8 Å². The van der Waals surface area contributed by atoms with E-state index in [0.29, 0.717) is 12.1 Å². The largest absolute Gasteiger partial charge is 0.384 e.